The lowest BCUT2D eigenvalue weighted by Crippen LogP contribution is -2.58. The molecule has 2 nitrogen and oxygen atoms in total. The molecular formula is C20H26NOPSi. The molecule has 0 radical (unpaired) electrons. The predicted molar refractivity (Wildman–Crippen MR) is 106 cm³/mol. The quantitative estimate of drug-likeness (QED) is 0.613. The monoisotopic (exact) mass is 355 g/mol. The Morgan fingerprint density at radius 2 is 1.62 bits per heavy atom. The molecule has 1 unspecified atom stereocenters. The van der Waals surface area contributed by atoms with Crippen molar-refractivity contribution in [2.45, 2.75) is 37.6 Å². The Morgan fingerprint density at radius 1 is 1.04 bits per heavy atom. The number of benzene rings is 2. The summed E-state index contributed by atoms with van der Waals surface area (Å²) in [5.74, 6) is 0. The largest absolute Gasteiger partial charge is 0.339 e. The molecule has 0 aromatic heterocycles. The molecule has 24 heavy (non-hydrogen) atoms. The van der Waals surface area contributed by atoms with Crippen LogP contribution in [-0.4, -0.2) is 38.1 Å². The van der Waals surface area contributed by atoms with Crippen molar-refractivity contribution in [3.05, 3.63) is 60.7 Å². The van der Waals surface area contributed by atoms with Crippen LogP contribution < -0.4 is 10.4 Å². The maximum absolute atomic E-state index is 6.49. The minimum Gasteiger partial charge on any atom is -0.339 e. The summed E-state index contributed by atoms with van der Waals surface area (Å²) in [6.07, 6.45) is 3.05. The molecule has 0 saturated carbocycles. The van der Waals surface area contributed by atoms with Gasteiger partial charge in [0.25, 0.3) is 0 Å². The average molecular weight is 355 g/mol. The van der Waals surface area contributed by atoms with Crippen molar-refractivity contribution >= 4 is 26.7 Å². The van der Waals surface area contributed by atoms with E-state index in [4.69, 9.17) is 4.52 Å². The summed E-state index contributed by atoms with van der Waals surface area (Å²) in [7, 11) is -2.18. The SMILES string of the molecule is CP1O[C@H](C[Si](C)(c2ccccc2)c2ccccc2)[C@@H]2CCCN21. The minimum absolute atomic E-state index is 0.380. The predicted octanol–water partition coefficient (Wildman–Crippen LogP) is 3.68. The smallest absolute Gasteiger partial charge is 0.117 e. The molecule has 2 aliphatic rings. The van der Waals surface area contributed by atoms with Crippen molar-refractivity contribution in [2.75, 3.05) is 13.2 Å². The Hall–Kier alpha value is -0.993. The first-order valence-corrected chi connectivity index (χ1v) is 13.3. The Labute approximate surface area is 147 Å². The summed E-state index contributed by atoms with van der Waals surface area (Å²) < 4.78 is 9.14. The molecule has 0 bridgehead atoms. The zero-order chi connectivity index (χ0) is 16.6. The van der Waals surface area contributed by atoms with E-state index >= 15 is 0 Å². The zero-order valence-electron chi connectivity index (χ0n) is 14.6. The van der Waals surface area contributed by atoms with Crippen LogP contribution in [0.4, 0.5) is 0 Å². The van der Waals surface area contributed by atoms with Crippen LogP contribution in [0.15, 0.2) is 60.7 Å². The lowest BCUT2D eigenvalue weighted by molar-refractivity contribution is 0.230. The van der Waals surface area contributed by atoms with E-state index in [1.54, 1.807) is 0 Å². The molecule has 2 saturated heterocycles. The molecule has 4 rings (SSSR count). The highest BCUT2D eigenvalue weighted by Crippen LogP contribution is 2.53. The van der Waals surface area contributed by atoms with Crippen LogP contribution in [0.2, 0.25) is 12.6 Å². The number of hydrogen-bond donors (Lipinski definition) is 0. The Bertz CT molecular complexity index is 641. The first-order chi connectivity index (χ1) is 11.7. The van der Waals surface area contributed by atoms with E-state index in [9.17, 15) is 0 Å². The molecule has 2 aromatic rings. The van der Waals surface area contributed by atoms with Crippen LogP contribution in [0.5, 0.6) is 0 Å². The van der Waals surface area contributed by atoms with Crippen molar-refractivity contribution < 1.29 is 4.52 Å². The van der Waals surface area contributed by atoms with Crippen LogP contribution >= 0.6 is 8.30 Å². The van der Waals surface area contributed by atoms with Crippen molar-refractivity contribution in [3.8, 4) is 0 Å². The second-order valence-electron chi connectivity index (χ2n) is 7.25. The fourth-order valence-corrected chi connectivity index (χ4v) is 10.2. The van der Waals surface area contributed by atoms with E-state index in [-0.39, 0.29) is 8.30 Å². The maximum atomic E-state index is 6.49. The van der Waals surface area contributed by atoms with Gasteiger partial charge in [-0.15, -0.1) is 0 Å². The van der Waals surface area contributed by atoms with Crippen LogP contribution in [-0.2, 0) is 4.52 Å². The van der Waals surface area contributed by atoms with Gasteiger partial charge in [-0.2, -0.15) is 0 Å². The van der Waals surface area contributed by atoms with E-state index in [1.165, 1.54) is 35.8 Å². The third-order valence-corrected chi connectivity index (χ3v) is 12.0. The van der Waals surface area contributed by atoms with Gasteiger partial charge in [0.1, 0.15) is 16.4 Å². The maximum Gasteiger partial charge on any atom is 0.117 e. The van der Waals surface area contributed by atoms with Gasteiger partial charge in [-0.3, -0.25) is 4.67 Å². The Kier molecular flexibility index (Phi) is 4.61. The van der Waals surface area contributed by atoms with Gasteiger partial charge in [-0.1, -0.05) is 77.6 Å². The van der Waals surface area contributed by atoms with Crippen molar-refractivity contribution in [2.24, 2.45) is 0 Å². The van der Waals surface area contributed by atoms with Gasteiger partial charge >= 0.3 is 0 Å². The molecule has 0 N–H and O–H groups in total. The van der Waals surface area contributed by atoms with Crippen molar-refractivity contribution in [1.82, 2.24) is 4.67 Å². The summed E-state index contributed by atoms with van der Waals surface area (Å²) in [5, 5.41) is 3.05. The van der Waals surface area contributed by atoms with Gasteiger partial charge in [0, 0.05) is 12.6 Å². The van der Waals surface area contributed by atoms with E-state index in [0.717, 1.165) is 0 Å². The zero-order valence-corrected chi connectivity index (χ0v) is 16.5. The van der Waals surface area contributed by atoms with E-state index < -0.39 is 8.07 Å². The highest BCUT2D eigenvalue weighted by Gasteiger charge is 2.47. The van der Waals surface area contributed by atoms with Gasteiger partial charge in [0.2, 0.25) is 0 Å². The minimum atomic E-state index is -1.80. The lowest BCUT2D eigenvalue weighted by Gasteiger charge is -2.32. The fraction of sp³-hybridized carbons (Fsp3) is 0.400. The standard InChI is InChI=1S/C20H26NOPSi/c1-23-21-15-9-14-19(21)20(22-23)16-24(2,17-10-5-3-6-11-17)18-12-7-4-8-13-18/h3-8,10-13,19-20H,9,14-16H2,1-2H3/t19-,20+,23?/m0/s1. The highest BCUT2D eigenvalue weighted by atomic mass is 31.2. The molecule has 3 atom stereocenters. The Balaban J connectivity index is 1.69. The lowest BCUT2D eigenvalue weighted by atomic mass is 10.1. The average Bonchev–Trinajstić information content (AvgIpc) is 3.22. The topological polar surface area (TPSA) is 12.5 Å². The van der Waals surface area contributed by atoms with E-state index in [1.807, 2.05) is 0 Å². The summed E-state index contributed by atoms with van der Waals surface area (Å²) in [4.78, 5) is 0. The van der Waals surface area contributed by atoms with Crippen molar-refractivity contribution in [3.63, 3.8) is 0 Å². The molecule has 0 amide bonds. The first kappa shape index (κ1) is 16.5. The van der Waals surface area contributed by atoms with Crippen LogP contribution in [0.25, 0.3) is 0 Å². The molecule has 0 aliphatic carbocycles. The third-order valence-electron chi connectivity index (χ3n) is 5.78. The number of fused-ring (bicyclic) bond motifs is 1. The summed E-state index contributed by atoms with van der Waals surface area (Å²) >= 11 is 0. The number of nitrogens with zero attached hydrogens (tertiary/aromatic N) is 1. The molecule has 126 valence electrons. The highest BCUT2D eigenvalue weighted by molar-refractivity contribution is 7.49. The summed E-state index contributed by atoms with van der Waals surface area (Å²) in [6.45, 7) is 6.05. The third kappa shape index (κ3) is 2.88. The van der Waals surface area contributed by atoms with E-state index in [0.29, 0.717) is 12.1 Å². The van der Waals surface area contributed by atoms with Gasteiger partial charge in [0.15, 0.2) is 0 Å². The van der Waals surface area contributed by atoms with Gasteiger partial charge in [-0.05, 0) is 25.6 Å². The molecule has 2 aliphatic heterocycles. The number of hydrogen-bond acceptors (Lipinski definition) is 2. The van der Waals surface area contributed by atoms with Crippen LogP contribution in [0.3, 0.4) is 0 Å². The van der Waals surface area contributed by atoms with Crippen LogP contribution in [0.1, 0.15) is 12.8 Å². The van der Waals surface area contributed by atoms with Gasteiger partial charge in [-0.25, -0.2) is 0 Å². The molecule has 0 spiro atoms. The first-order valence-electron chi connectivity index (χ1n) is 8.96. The molecule has 2 aromatic carbocycles. The normalized spacial score (nSPS) is 27.3. The molecular weight excluding hydrogens is 329 g/mol. The van der Waals surface area contributed by atoms with E-state index in [2.05, 4.69) is 78.5 Å². The molecule has 2 fully saturated rings. The van der Waals surface area contributed by atoms with Gasteiger partial charge < -0.3 is 4.52 Å². The summed E-state index contributed by atoms with van der Waals surface area (Å²) in [6, 6.07) is 24.2. The van der Waals surface area contributed by atoms with Gasteiger partial charge in [0.05, 0.1) is 6.10 Å². The second kappa shape index (κ2) is 6.72. The Morgan fingerprint density at radius 3 is 2.21 bits per heavy atom. The fourth-order valence-electron chi connectivity index (χ4n) is 4.42. The summed E-state index contributed by atoms with van der Waals surface area (Å²) in [5.41, 5.74) is 0. The number of rotatable bonds is 4. The van der Waals surface area contributed by atoms with Crippen molar-refractivity contribution in [1.29, 1.82) is 0 Å². The molecule has 2 heterocycles. The second-order valence-corrected chi connectivity index (χ2v) is 13.1. The van der Waals surface area contributed by atoms with Crippen LogP contribution in [0, 0.1) is 0 Å². The molecule has 4 heteroatoms.